The van der Waals surface area contributed by atoms with Crippen molar-refractivity contribution < 1.29 is 18.1 Å². The van der Waals surface area contributed by atoms with Gasteiger partial charge in [0.25, 0.3) is 21.6 Å². The van der Waals surface area contributed by atoms with Crippen LogP contribution in [0.2, 0.25) is 0 Å². The molecule has 0 radical (unpaired) electrons. The summed E-state index contributed by atoms with van der Waals surface area (Å²) in [5.74, 6) is -0.765. The number of aryl methyl sites for hydroxylation is 1. The second-order valence-electron chi connectivity index (χ2n) is 4.55. The summed E-state index contributed by atoms with van der Waals surface area (Å²) in [5.41, 5.74) is 0.912. The number of benzene rings is 2. The second-order valence-corrected chi connectivity index (χ2v) is 6.23. The molecule has 0 spiro atoms. The van der Waals surface area contributed by atoms with Gasteiger partial charge in [0.1, 0.15) is 0 Å². The second kappa shape index (κ2) is 5.94. The zero-order valence-corrected chi connectivity index (χ0v) is 12.3. The SMILES string of the molecule is Cc1ccc(C(=O)NS(=O)(=O)c2ccc([N+](=O)[O-])cc2)cc1. The Morgan fingerprint density at radius 3 is 2.09 bits per heavy atom. The minimum absolute atomic E-state index is 0.205. The molecule has 2 rings (SSSR count). The van der Waals surface area contributed by atoms with Gasteiger partial charge in [0, 0.05) is 17.7 Å². The Kier molecular flexibility index (Phi) is 4.22. The molecule has 0 unspecified atom stereocenters. The molecule has 7 nitrogen and oxygen atoms in total. The number of sulfonamides is 1. The largest absolute Gasteiger partial charge is 0.269 e. The predicted octanol–water partition coefficient (Wildman–Crippen LogP) is 2.02. The zero-order valence-electron chi connectivity index (χ0n) is 11.5. The molecular weight excluding hydrogens is 308 g/mol. The molecule has 2 aromatic carbocycles. The Morgan fingerprint density at radius 2 is 1.59 bits per heavy atom. The Hall–Kier alpha value is -2.74. The maximum absolute atomic E-state index is 12.1. The summed E-state index contributed by atoms with van der Waals surface area (Å²) in [6, 6.07) is 10.7. The van der Waals surface area contributed by atoms with E-state index in [1.54, 1.807) is 12.1 Å². The van der Waals surface area contributed by atoms with Crippen molar-refractivity contribution >= 4 is 21.6 Å². The highest BCUT2D eigenvalue weighted by Crippen LogP contribution is 2.16. The number of nitro groups is 1. The molecule has 0 aliphatic carbocycles. The first-order valence-electron chi connectivity index (χ1n) is 6.18. The zero-order chi connectivity index (χ0) is 16.3. The average molecular weight is 320 g/mol. The van der Waals surface area contributed by atoms with Crippen LogP contribution in [-0.2, 0) is 10.0 Å². The summed E-state index contributed by atoms with van der Waals surface area (Å²) >= 11 is 0. The monoisotopic (exact) mass is 320 g/mol. The molecule has 114 valence electrons. The molecule has 8 heteroatoms. The van der Waals surface area contributed by atoms with E-state index in [9.17, 15) is 23.3 Å². The van der Waals surface area contributed by atoms with Gasteiger partial charge in [-0.05, 0) is 31.2 Å². The normalized spacial score (nSPS) is 11.0. The van der Waals surface area contributed by atoms with Crippen LogP contribution < -0.4 is 4.72 Å². The van der Waals surface area contributed by atoms with Gasteiger partial charge >= 0.3 is 0 Å². The summed E-state index contributed by atoms with van der Waals surface area (Å²) in [6.45, 7) is 1.84. The van der Waals surface area contributed by atoms with Crippen LogP contribution in [0.1, 0.15) is 15.9 Å². The van der Waals surface area contributed by atoms with Gasteiger partial charge in [-0.15, -0.1) is 0 Å². The van der Waals surface area contributed by atoms with E-state index in [1.807, 2.05) is 11.6 Å². The first-order chi connectivity index (χ1) is 10.3. The van der Waals surface area contributed by atoms with Gasteiger partial charge in [0.15, 0.2) is 0 Å². The fourth-order valence-corrected chi connectivity index (χ4v) is 2.67. The van der Waals surface area contributed by atoms with Crippen molar-refractivity contribution in [2.45, 2.75) is 11.8 Å². The molecule has 0 heterocycles. The highest BCUT2D eigenvalue weighted by Gasteiger charge is 2.19. The Balaban J connectivity index is 2.21. The fourth-order valence-electron chi connectivity index (χ4n) is 1.69. The Labute approximate surface area is 126 Å². The number of amides is 1. The van der Waals surface area contributed by atoms with Crippen LogP contribution in [0.5, 0.6) is 0 Å². The lowest BCUT2D eigenvalue weighted by Gasteiger charge is -2.07. The van der Waals surface area contributed by atoms with E-state index in [2.05, 4.69) is 0 Å². The number of non-ortho nitro benzene ring substituents is 1. The molecule has 0 bridgehead atoms. The smallest absolute Gasteiger partial charge is 0.268 e. The number of nitrogens with one attached hydrogen (secondary N) is 1. The number of rotatable bonds is 4. The fraction of sp³-hybridized carbons (Fsp3) is 0.0714. The summed E-state index contributed by atoms with van der Waals surface area (Å²) in [7, 11) is -4.08. The summed E-state index contributed by atoms with van der Waals surface area (Å²) < 4.78 is 26.0. The van der Waals surface area contributed by atoms with E-state index in [4.69, 9.17) is 0 Å². The number of carbonyl (C=O) groups is 1. The van der Waals surface area contributed by atoms with E-state index in [1.165, 1.54) is 12.1 Å². The first kappa shape index (κ1) is 15.6. The average Bonchev–Trinajstić information content (AvgIpc) is 2.47. The van der Waals surface area contributed by atoms with Gasteiger partial charge in [0.2, 0.25) is 0 Å². The van der Waals surface area contributed by atoms with E-state index in [0.29, 0.717) is 0 Å². The minimum atomic E-state index is -4.08. The quantitative estimate of drug-likeness (QED) is 0.685. The molecule has 1 N–H and O–H groups in total. The molecule has 0 fully saturated rings. The van der Waals surface area contributed by atoms with Gasteiger partial charge in [-0.2, -0.15) is 0 Å². The Bertz CT molecular complexity index is 811. The van der Waals surface area contributed by atoms with Gasteiger partial charge in [-0.25, -0.2) is 13.1 Å². The molecule has 0 aromatic heterocycles. The molecular formula is C14H12N2O5S. The van der Waals surface area contributed by atoms with Crippen molar-refractivity contribution in [3.63, 3.8) is 0 Å². The summed E-state index contributed by atoms with van der Waals surface area (Å²) in [6.07, 6.45) is 0. The van der Waals surface area contributed by atoms with Crippen LogP contribution in [0.3, 0.4) is 0 Å². The van der Waals surface area contributed by atoms with Crippen molar-refractivity contribution in [3.8, 4) is 0 Å². The van der Waals surface area contributed by atoms with Crippen LogP contribution >= 0.6 is 0 Å². The van der Waals surface area contributed by atoms with E-state index in [-0.39, 0.29) is 16.1 Å². The van der Waals surface area contributed by atoms with Gasteiger partial charge in [0.05, 0.1) is 9.82 Å². The van der Waals surface area contributed by atoms with Crippen molar-refractivity contribution in [1.29, 1.82) is 0 Å². The maximum atomic E-state index is 12.1. The van der Waals surface area contributed by atoms with Crippen LogP contribution in [0.15, 0.2) is 53.4 Å². The molecule has 0 saturated carbocycles. The molecule has 0 atom stereocenters. The molecule has 22 heavy (non-hydrogen) atoms. The molecule has 1 amide bonds. The summed E-state index contributed by atoms with van der Waals surface area (Å²) in [5, 5.41) is 10.5. The summed E-state index contributed by atoms with van der Waals surface area (Å²) in [4.78, 5) is 21.6. The third kappa shape index (κ3) is 3.47. The standard InChI is InChI=1S/C14H12N2O5S/c1-10-2-4-11(5-3-10)14(17)15-22(20,21)13-8-6-12(7-9-13)16(18)19/h2-9H,1H3,(H,15,17). The van der Waals surface area contributed by atoms with E-state index in [0.717, 1.165) is 29.8 Å². The minimum Gasteiger partial charge on any atom is -0.268 e. The number of hydrogen-bond donors (Lipinski definition) is 1. The van der Waals surface area contributed by atoms with Crippen LogP contribution in [0.25, 0.3) is 0 Å². The Morgan fingerprint density at radius 1 is 1.05 bits per heavy atom. The van der Waals surface area contributed by atoms with Gasteiger partial charge in [-0.3, -0.25) is 14.9 Å². The third-order valence-electron chi connectivity index (χ3n) is 2.90. The van der Waals surface area contributed by atoms with Crippen LogP contribution in [0.4, 0.5) is 5.69 Å². The third-order valence-corrected chi connectivity index (χ3v) is 4.25. The maximum Gasteiger partial charge on any atom is 0.269 e. The lowest BCUT2D eigenvalue weighted by molar-refractivity contribution is -0.384. The van der Waals surface area contributed by atoms with Crippen molar-refractivity contribution in [2.24, 2.45) is 0 Å². The predicted molar refractivity (Wildman–Crippen MR) is 78.9 cm³/mol. The lowest BCUT2D eigenvalue weighted by atomic mass is 10.1. The van der Waals surface area contributed by atoms with E-state index >= 15 is 0 Å². The van der Waals surface area contributed by atoms with Crippen LogP contribution in [-0.4, -0.2) is 19.2 Å². The van der Waals surface area contributed by atoms with Gasteiger partial charge < -0.3 is 0 Å². The van der Waals surface area contributed by atoms with Crippen molar-refractivity contribution in [1.82, 2.24) is 4.72 Å². The van der Waals surface area contributed by atoms with Crippen molar-refractivity contribution in [3.05, 3.63) is 69.8 Å². The number of nitrogens with zero attached hydrogens (tertiary/aromatic N) is 1. The van der Waals surface area contributed by atoms with Crippen LogP contribution in [0, 0.1) is 17.0 Å². The number of carbonyl (C=O) groups excluding carboxylic acids is 1. The first-order valence-corrected chi connectivity index (χ1v) is 7.66. The molecule has 0 saturated heterocycles. The number of hydrogen-bond acceptors (Lipinski definition) is 5. The topological polar surface area (TPSA) is 106 Å². The van der Waals surface area contributed by atoms with Crippen molar-refractivity contribution in [2.75, 3.05) is 0 Å². The van der Waals surface area contributed by atoms with Gasteiger partial charge in [-0.1, -0.05) is 17.7 Å². The highest BCUT2D eigenvalue weighted by atomic mass is 32.2. The molecule has 0 aliphatic rings. The lowest BCUT2D eigenvalue weighted by Crippen LogP contribution is -2.30. The molecule has 0 aliphatic heterocycles. The van der Waals surface area contributed by atoms with E-state index < -0.39 is 20.9 Å². The highest BCUT2D eigenvalue weighted by molar-refractivity contribution is 7.90. The number of nitro benzene ring substituents is 1. The molecule has 2 aromatic rings.